The maximum atomic E-state index is 6.35. The molecular formula is C15H19ClN2OS. The summed E-state index contributed by atoms with van der Waals surface area (Å²) in [6, 6.07) is 4.12. The van der Waals surface area contributed by atoms with Crippen LogP contribution in [0, 0.1) is 6.92 Å². The Hall–Kier alpha value is -1.00. The first-order chi connectivity index (χ1) is 9.44. The number of rotatable bonds is 2. The van der Waals surface area contributed by atoms with Crippen LogP contribution in [0.4, 0.5) is 0 Å². The summed E-state index contributed by atoms with van der Waals surface area (Å²) in [4.78, 5) is 2.16. The molecule has 108 valence electrons. The van der Waals surface area contributed by atoms with Gasteiger partial charge in [0.05, 0.1) is 6.04 Å². The van der Waals surface area contributed by atoms with E-state index >= 15 is 0 Å². The molecule has 1 saturated heterocycles. The Kier molecular flexibility index (Phi) is 3.33. The van der Waals surface area contributed by atoms with Crippen LogP contribution in [0.1, 0.15) is 43.9 Å². The fourth-order valence-corrected chi connectivity index (χ4v) is 3.91. The van der Waals surface area contributed by atoms with Gasteiger partial charge in [0.1, 0.15) is 5.75 Å². The van der Waals surface area contributed by atoms with Crippen molar-refractivity contribution in [3.05, 3.63) is 28.3 Å². The predicted molar refractivity (Wildman–Crippen MR) is 85.3 cm³/mol. The normalized spacial score (nSPS) is 27.7. The van der Waals surface area contributed by atoms with Crippen LogP contribution in [0.3, 0.4) is 0 Å². The van der Waals surface area contributed by atoms with Gasteiger partial charge in [-0.1, -0.05) is 18.5 Å². The van der Waals surface area contributed by atoms with Gasteiger partial charge >= 0.3 is 0 Å². The first kappa shape index (κ1) is 14.0. The molecule has 0 radical (unpaired) electrons. The average Bonchev–Trinajstić information content (AvgIpc) is 2.36. The summed E-state index contributed by atoms with van der Waals surface area (Å²) in [6.45, 7) is 7.22. The first-order valence-electron chi connectivity index (χ1n) is 7.02. The molecule has 0 aromatic heterocycles. The Morgan fingerprint density at radius 1 is 1.55 bits per heavy atom. The summed E-state index contributed by atoms with van der Waals surface area (Å²) in [7, 11) is 0. The minimum absolute atomic E-state index is 0.182. The van der Waals surface area contributed by atoms with E-state index in [0.717, 1.165) is 46.4 Å². The van der Waals surface area contributed by atoms with Crippen LogP contribution in [0.25, 0.3) is 0 Å². The lowest BCUT2D eigenvalue weighted by molar-refractivity contribution is -0.0685. The monoisotopic (exact) mass is 310 g/mol. The summed E-state index contributed by atoms with van der Waals surface area (Å²) < 4.78 is 6.35. The van der Waals surface area contributed by atoms with Gasteiger partial charge in [0, 0.05) is 23.6 Å². The van der Waals surface area contributed by atoms with Gasteiger partial charge in [-0.05, 0) is 50.2 Å². The van der Waals surface area contributed by atoms with E-state index in [2.05, 4.69) is 24.1 Å². The predicted octanol–water partition coefficient (Wildman–Crippen LogP) is 3.79. The van der Waals surface area contributed by atoms with Crippen molar-refractivity contribution in [2.45, 2.75) is 45.4 Å². The third kappa shape index (κ3) is 2.06. The average molecular weight is 311 g/mol. The molecule has 1 aromatic rings. The lowest BCUT2D eigenvalue weighted by atomic mass is 9.89. The largest absolute Gasteiger partial charge is 0.467 e. The highest BCUT2D eigenvalue weighted by Crippen LogP contribution is 2.46. The molecule has 0 spiro atoms. The zero-order chi connectivity index (χ0) is 14.5. The number of hydrogen-bond acceptors (Lipinski definition) is 2. The number of ether oxygens (including phenoxy) is 1. The van der Waals surface area contributed by atoms with Crippen LogP contribution in [0.2, 0.25) is 5.02 Å². The lowest BCUT2D eigenvalue weighted by Crippen LogP contribution is -2.64. The van der Waals surface area contributed by atoms with Crippen molar-refractivity contribution in [1.29, 1.82) is 0 Å². The summed E-state index contributed by atoms with van der Waals surface area (Å²) in [6.07, 6.45) is 1.91. The number of nitrogens with one attached hydrogen (secondary N) is 1. The smallest absolute Gasteiger partial charge is 0.184 e. The van der Waals surface area contributed by atoms with Crippen molar-refractivity contribution in [2.24, 2.45) is 0 Å². The molecule has 5 heteroatoms. The van der Waals surface area contributed by atoms with Gasteiger partial charge in [-0.25, -0.2) is 0 Å². The van der Waals surface area contributed by atoms with Gasteiger partial charge < -0.3 is 15.0 Å². The number of fused-ring (bicyclic) bond motifs is 4. The molecule has 2 aliphatic rings. The van der Waals surface area contributed by atoms with Gasteiger partial charge in [-0.2, -0.15) is 0 Å². The molecule has 0 amide bonds. The molecule has 3 nitrogen and oxygen atoms in total. The maximum absolute atomic E-state index is 6.35. The molecule has 1 aromatic carbocycles. The van der Waals surface area contributed by atoms with Crippen LogP contribution >= 0.6 is 23.8 Å². The van der Waals surface area contributed by atoms with Gasteiger partial charge in [0.2, 0.25) is 0 Å². The number of benzene rings is 1. The Balaban J connectivity index is 2.08. The first-order valence-corrected chi connectivity index (χ1v) is 7.80. The van der Waals surface area contributed by atoms with Crippen LogP contribution in [-0.4, -0.2) is 22.3 Å². The van der Waals surface area contributed by atoms with E-state index in [1.807, 2.05) is 19.1 Å². The van der Waals surface area contributed by atoms with Gasteiger partial charge in [-0.3, -0.25) is 0 Å². The molecule has 2 heterocycles. The van der Waals surface area contributed by atoms with E-state index in [4.69, 9.17) is 28.6 Å². The van der Waals surface area contributed by atoms with Crippen LogP contribution in [0.15, 0.2) is 12.1 Å². The quantitative estimate of drug-likeness (QED) is 0.840. The molecule has 3 rings (SSSR count). The van der Waals surface area contributed by atoms with Crippen molar-refractivity contribution in [2.75, 3.05) is 6.54 Å². The standard InChI is InChI=1S/C15H19ClN2OS/c1-4-5-18-14(20)17-12-8-15(18,3)19-13-9(2)6-10(16)7-11(12)13/h6-7,12H,4-5,8H2,1-3H3,(H,17,20). The fraction of sp³-hybridized carbons (Fsp3) is 0.533. The Bertz CT molecular complexity index is 577. The summed E-state index contributed by atoms with van der Waals surface area (Å²) in [5.41, 5.74) is 1.83. The van der Waals surface area contributed by atoms with Crippen LogP contribution < -0.4 is 10.1 Å². The molecule has 2 aliphatic heterocycles. The topological polar surface area (TPSA) is 24.5 Å². The van der Waals surface area contributed by atoms with Crippen molar-refractivity contribution >= 4 is 28.9 Å². The molecule has 2 unspecified atom stereocenters. The summed E-state index contributed by atoms with van der Waals surface area (Å²) in [5.74, 6) is 0.948. The lowest BCUT2D eigenvalue weighted by Gasteiger charge is -2.52. The maximum Gasteiger partial charge on any atom is 0.184 e. The van der Waals surface area contributed by atoms with Crippen LogP contribution in [0.5, 0.6) is 5.75 Å². The van der Waals surface area contributed by atoms with Crippen molar-refractivity contribution < 1.29 is 4.74 Å². The third-order valence-electron chi connectivity index (χ3n) is 4.11. The second kappa shape index (κ2) is 4.78. The van der Waals surface area contributed by atoms with E-state index in [1.165, 1.54) is 0 Å². The van der Waals surface area contributed by atoms with E-state index in [9.17, 15) is 0 Å². The van der Waals surface area contributed by atoms with Gasteiger partial charge in [-0.15, -0.1) is 0 Å². The van der Waals surface area contributed by atoms with E-state index in [0.29, 0.717) is 0 Å². The summed E-state index contributed by atoms with van der Waals surface area (Å²) >= 11 is 11.7. The molecule has 2 bridgehead atoms. The molecule has 0 saturated carbocycles. The Morgan fingerprint density at radius 2 is 2.30 bits per heavy atom. The molecule has 1 N–H and O–H groups in total. The number of thiocarbonyl (C=S) groups is 1. The highest BCUT2D eigenvalue weighted by molar-refractivity contribution is 7.80. The van der Waals surface area contributed by atoms with E-state index in [1.54, 1.807) is 0 Å². The minimum Gasteiger partial charge on any atom is -0.467 e. The van der Waals surface area contributed by atoms with Gasteiger partial charge in [0.25, 0.3) is 0 Å². The number of halogens is 1. The second-order valence-electron chi connectivity index (χ2n) is 5.78. The highest BCUT2D eigenvalue weighted by atomic mass is 35.5. The molecule has 20 heavy (non-hydrogen) atoms. The molecule has 2 atom stereocenters. The molecular weight excluding hydrogens is 292 g/mol. The number of aryl methyl sites for hydroxylation is 1. The number of nitrogens with zero attached hydrogens (tertiary/aromatic N) is 1. The van der Waals surface area contributed by atoms with Crippen molar-refractivity contribution in [3.63, 3.8) is 0 Å². The van der Waals surface area contributed by atoms with E-state index in [-0.39, 0.29) is 11.8 Å². The zero-order valence-electron chi connectivity index (χ0n) is 12.0. The zero-order valence-corrected chi connectivity index (χ0v) is 13.6. The second-order valence-corrected chi connectivity index (χ2v) is 6.60. The van der Waals surface area contributed by atoms with E-state index < -0.39 is 0 Å². The van der Waals surface area contributed by atoms with Crippen LogP contribution in [-0.2, 0) is 0 Å². The van der Waals surface area contributed by atoms with Crippen molar-refractivity contribution in [1.82, 2.24) is 10.2 Å². The summed E-state index contributed by atoms with van der Waals surface area (Å²) in [5, 5.41) is 4.96. The fourth-order valence-electron chi connectivity index (χ4n) is 3.20. The highest BCUT2D eigenvalue weighted by Gasteiger charge is 2.47. The third-order valence-corrected chi connectivity index (χ3v) is 4.67. The Labute approximate surface area is 130 Å². The van der Waals surface area contributed by atoms with Gasteiger partial charge in [0.15, 0.2) is 10.8 Å². The number of hydrogen-bond donors (Lipinski definition) is 1. The van der Waals surface area contributed by atoms with Crippen molar-refractivity contribution in [3.8, 4) is 5.75 Å². The molecule has 1 fully saturated rings. The Morgan fingerprint density at radius 3 is 3.00 bits per heavy atom. The molecule has 0 aliphatic carbocycles. The minimum atomic E-state index is -0.366. The SMILES string of the molecule is CCCN1C(=S)NC2CC1(C)Oc1c(C)cc(Cl)cc12.